The Morgan fingerprint density at radius 3 is 2.60 bits per heavy atom. The Morgan fingerprint density at radius 2 is 1.93 bits per heavy atom. The molecule has 1 aromatic heterocycles. The van der Waals surface area contributed by atoms with Gasteiger partial charge in [-0.1, -0.05) is 12.1 Å². The van der Waals surface area contributed by atoms with Gasteiger partial charge >= 0.3 is 6.03 Å². The number of rotatable bonds is 8. The summed E-state index contributed by atoms with van der Waals surface area (Å²) in [5.41, 5.74) is 1.83. The molecule has 0 saturated heterocycles. The van der Waals surface area contributed by atoms with Crippen molar-refractivity contribution in [2.75, 3.05) is 50.5 Å². The molecule has 1 fully saturated rings. The normalized spacial score (nSPS) is 22.8. The predicted octanol–water partition coefficient (Wildman–Crippen LogP) is 5.07. The Kier molecular flexibility index (Phi) is 11.5. The zero-order chi connectivity index (χ0) is 31.1. The van der Waals surface area contributed by atoms with Gasteiger partial charge in [-0.25, -0.2) is 4.79 Å². The molecule has 1 aliphatic carbocycles. The van der Waals surface area contributed by atoms with Crippen molar-refractivity contribution in [1.82, 2.24) is 15.0 Å². The van der Waals surface area contributed by atoms with Gasteiger partial charge in [-0.05, 0) is 91.0 Å². The fourth-order valence-electron chi connectivity index (χ4n) is 5.52. The molecule has 3 amide bonds. The van der Waals surface area contributed by atoms with E-state index in [0.29, 0.717) is 47.3 Å². The maximum Gasteiger partial charge on any atom is 0.323 e. The molecule has 2 aliphatic rings. The van der Waals surface area contributed by atoms with Crippen molar-refractivity contribution >= 4 is 23.3 Å². The predicted molar refractivity (Wildman–Crippen MR) is 166 cm³/mol. The number of urea groups is 1. The van der Waals surface area contributed by atoms with E-state index in [-0.39, 0.29) is 30.6 Å². The lowest BCUT2D eigenvalue weighted by atomic mass is 10.0. The molecule has 0 spiro atoms. The lowest BCUT2D eigenvalue weighted by molar-refractivity contribution is -0.0172. The number of likely N-dealkylation sites (N-methyl/N-ethyl adjacent to an activating group) is 1. The molecule has 238 valence electrons. The van der Waals surface area contributed by atoms with Gasteiger partial charge in [0.25, 0.3) is 5.91 Å². The van der Waals surface area contributed by atoms with Crippen LogP contribution < -0.4 is 15.4 Å². The molecular weight excluding hydrogens is 550 g/mol. The summed E-state index contributed by atoms with van der Waals surface area (Å²) < 4.78 is 17.9. The number of ether oxygens (including phenoxy) is 2. The van der Waals surface area contributed by atoms with E-state index in [4.69, 9.17) is 14.0 Å². The van der Waals surface area contributed by atoms with Crippen molar-refractivity contribution in [2.24, 2.45) is 11.8 Å². The van der Waals surface area contributed by atoms with E-state index >= 15 is 0 Å². The number of nitrogens with one attached hydrogen (secondary N) is 2. The molecule has 0 unspecified atom stereocenters. The third-order valence-corrected chi connectivity index (χ3v) is 8.34. The summed E-state index contributed by atoms with van der Waals surface area (Å²) in [6.45, 7) is 12.1. The third kappa shape index (κ3) is 9.17. The number of benzene rings is 1. The third-order valence-electron chi connectivity index (χ3n) is 8.34. The molecule has 0 bridgehead atoms. The van der Waals surface area contributed by atoms with Gasteiger partial charge in [-0.15, -0.1) is 0 Å². The van der Waals surface area contributed by atoms with Gasteiger partial charge in [-0.3, -0.25) is 4.79 Å². The van der Waals surface area contributed by atoms with Gasteiger partial charge in [0, 0.05) is 37.8 Å². The molecule has 11 nitrogen and oxygen atoms in total. The van der Waals surface area contributed by atoms with E-state index in [1.54, 1.807) is 36.9 Å². The van der Waals surface area contributed by atoms with Crippen LogP contribution in [0.25, 0.3) is 0 Å². The number of aliphatic hydroxyl groups is 1. The van der Waals surface area contributed by atoms with Crippen molar-refractivity contribution < 1.29 is 28.7 Å². The highest BCUT2D eigenvalue weighted by Crippen LogP contribution is 2.31. The number of aryl methyl sites for hydroxylation is 2. The van der Waals surface area contributed by atoms with Crippen LogP contribution in [0.3, 0.4) is 0 Å². The van der Waals surface area contributed by atoms with E-state index in [1.807, 2.05) is 13.8 Å². The van der Waals surface area contributed by atoms with Gasteiger partial charge in [0.05, 0.1) is 30.4 Å². The average Bonchev–Trinajstić information content (AvgIpc) is 3.73. The number of hydrogen-bond acceptors (Lipinski definition) is 8. The Labute approximate surface area is 255 Å². The number of amides is 3. The highest BCUT2D eigenvalue weighted by Gasteiger charge is 2.31. The molecule has 2 aromatic rings. The number of carbonyl (C=O) groups excluding carboxylic acids is 2. The van der Waals surface area contributed by atoms with Gasteiger partial charge < -0.3 is 39.5 Å². The molecule has 0 radical (unpaired) electrons. The zero-order valence-electron chi connectivity index (χ0n) is 26.5. The first-order chi connectivity index (χ1) is 20.5. The molecule has 3 N–H and O–H groups in total. The minimum absolute atomic E-state index is 0.0213. The number of anilines is 2. The van der Waals surface area contributed by atoms with Crippen LogP contribution in [0.1, 0.15) is 74.7 Å². The largest absolute Gasteiger partial charge is 0.490 e. The van der Waals surface area contributed by atoms with Crippen LogP contribution in [-0.4, -0.2) is 90.1 Å². The van der Waals surface area contributed by atoms with Gasteiger partial charge in [-0.2, -0.15) is 0 Å². The second-order valence-corrected chi connectivity index (χ2v) is 12.5. The average molecular weight is 600 g/mol. The molecule has 1 saturated carbocycles. The fraction of sp³-hybridized carbons (Fsp3) is 0.656. The molecule has 11 heteroatoms. The highest BCUT2D eigenvalue weighted by atomic mass is 16.5. The van der Waals surface area contributed by atoms with Gasteiger partial charge in [0.1, 0.15) is 17.1 Å². The lowest BCUT2D eigenvalue weighted by Crippen LogP contribution is -2.47. The molecule has 43 heavy (non-hydrogen) atoms. The van der Waals surface area contributed by atoms with Gasteiger partial charge in [0.2, 0.25) is 0 Å². The topological polar surface area (TPSA) is 129 Å². The number of carbonyl (C=O) groups is 2. The summed E-state index contributed by atoms with van der Waals surface area (Å²) in [6.07, 6.45) is 5.09. The van der Waals surface area contributed by atoms with E-state index in [0.717, 1.165) is 38.3 Å². The van der Waals surface area contributed by atoms with Crippen LogP contribution in [0.5, 0.6) is 5.75 Å². The monoisotopic (exact) mass is 599 g/mol. The van der Waals surface area contributed by atoms with E-state index < -0.39 is 12.1 Å². The number of hydrogen-bond donors (Lipinski definition) is 3. The summed E-state index contributed by atoms with van der Waals surface area (Å²) >= 11 is 0. The van der Waals surface area contributed by atoms with Crippen molar-refractivity contribution in [3.63, 3.8) is 0 Å². The minimum atomic E-state index is -0.485. The highest BCUT2D eigenvalue weighted by molar-refractivity contribution is 6.03. The van der Waals surface area contributed by atoms with Crippen LogP contribution in [-0.2, 0) is 4.74 Å². The van der Waals surface area contributed by atoms with E-state index in [2.05, 4.69) is 34.7 Å². The molecule has 2 heterocycles. The summed E-state index contributed by atoms with van der Waals surface area (Å²) in [4.78, 5) is 31.2. The van der Waals surface area contributed by atoms with Crippen LogP contribution in [0.15, 0.2) is 22.7 Å². The van der Waals surface area contributed by atoms with Crippen molar-refractivity contribution in [3.05, 3.63) is 35.2 Å². The van der Waals surface area contributed by atoms with Crippen LogP contribution in [0.4, 0.5) is 16.2 Å². The fourth-order valence-corrected chi connectivity index (χ4v) is 5.52. The second-order valence-electron chi connectivity index (χ2n) is 12.5. The molecule has 4 atom stereocenters. The first-order valence-electron chi connectivity index (χ1n) is 15.6. The second kappa shape index (κ2) is 15.0. The van der Waals surface area contributed by atoms with E-state index in [1.165, 1.54) is 12.8 Å². The number of fused-ring (bicyclic) bond motifs is 1. The number of aromatic nitrogens is 1. The quantitative estimate of drug-likeness (QED) is 0.384. The van der Waals surface area contributed by atoms with Crippen molar-refractivity contribution in [2.45, 2.75) is 85.0 Å². The Morgan fingerprint density at radius 1 is 1.16 bits per heavy atom. The maximum absolute atomic E-state index is 14.3. The van der Waals surface area contributed by atoms with Crippen LogP contribution in [0.2, 0.25) is 0 Å². The van der Waals surface area contributed by atoms with Crippen LogP contribution >= 0.6 is 0 Å². The first-order valence-corrected chi connectivity index (χ1v) is 15.6. The molecule has 4 rings (SSSR count). The molecular formula is C32H49N5O6. The van der Waals surface area contributed by atoms with Crippen molar-refractivity contribution in [1.29, 1.82) is 0 Å². The Hall–Kier alpha value is -3.15. The number of aliphatic hydroxyl groups excluding tert-OH is 1. The number of nitrogens with zero attached hydrogens (tertiary/aromatic N) is 3. The van der Waals surface area contributed by atoms with Gasteiger partial charge in [0.15, 0.2) is 5.76 Å². The summed E-state index contributed by atoms with van der Waals surface area (Å²) in [6, 6.07) is 4.17. The summed E-state index contributed by atoms with van der Waals surface area (Å²) in [7, 11) is 2.14. The lowest BCUT2D eigenvalue weighted by Gasteiger charge is -2.36. The minimum Gasteiger partial charge on any atom is -0.490 e. The molecule has 1 aliphatic heterocycles. The standard InChI is InChI=1S/C32H49N5O6/c1-20-16-37(21(2)19-38)31(39)27-15-26(33-32(40)34-30-23(4)35-43-24(30)5)12-13-28(27)42-22(3)9-7-8-14-41-29(20)18-36(6)17-25-10-11-25/h12-13,15,20-22,25,29,38H,7-11,14,16-19H2,1-6H3,(H2,33,34,40)/t20-,21+,22-,29+/m0/s1. The Balaban J connectivity index is 1.60. The van der Waals surface area contributed by atoms with E-state index in [9.17, 15) is 14.7 Å². The summed E-state index contributed by atoms with van der Waals surface area (Å²) in [5.74, 6) is 1.48. The van der Waals surface area contributed by atoms with Crippen molar-refractivity contribution in [3.8, 4) is 5.75 Å². The smallest absolute Gasteiger partial charge is 0.323 e. The van der Waals surface area contributed by atoms with Crippen LogP contribution in [0, 0.1) is 25.7 Å². The zero-order valence-corrected chi connectivity index (χ0v) is 26.5. The molecule has 1 aromatic carbocycles. The first kappa shape index (κ1) is 32.8. The summed E-state index contributed by atoms with van der Waals surface area (Å²) in [5, 5.41) is 19.6. The Bertz CT molecular complexity index is 1210. The maximum atomic E-state index is 14.3. The SMILES string of the molecule is Cc1noc(C)c1NC(=O)Nc1ccc2c(c1)C(=O)N([C@H](C)CO)C[C@H](C)[C@@H](CN(C)CC1CC1)OCCCC[C@H](C)O2.